The van der Waals surface area contributed by atoms with Crippen LogP contribution in [0.2, 0.25) is 0 Å². The van der Waals surface area contributed by atoms with Crippen molar-refractivity contribution < 1.29 is 8.42 Å². The third-order valence-corrected chi connectivity index (χ3v) is 3.62. The molecule has 0 saturated heterocycles. The Morgan fingerprint density at radius 2 is 2.00 bits per heavy atom. The van der Waals surface area contributed by atoms with E-state index >= 15 is 0 Å². The van der Waals surface area contributed by atoms with Crippen molar-refractivity contribution in [3.63, 3.8) is 0 Å². The van der Waals surface area contributed by atoms with E-state index in [0.29, 0.717) is 17.7 Å². The molecule has 0 spiro atoms. The van der Waals surface area contributed by atoms with Crippen LogP contribution in [0.3, 0.4) is 0 Å². The number of nitrogen functional groups attached to an aromatic ring is 1. The third kappa shape index (κ3) is 4.89. The maximum atomic E-state index is 11.8. The first-order chi connectivity index (χ1) is 7.93. The molecule has 1 rings (SSSR count). The predicted molar refractivity (Wildman–Crippen MR) is 69.5 cm³/mol. The average Bonchev–Trinajstić information content (AvgIpc) is 2.20. The highest BCUT2D eigenvalue weighted by molar-refractivity contribution is 7.88. The highest BCUT2D eigenvalue weighted by Gasteiger charge is 2.14. The van der Waals surface area contributed by atoms with Gasteiger partial charge >= 0.3 is 0 Å². The molecule has 17 heavy (non-hydrogen) atoms. The molecule has 0 heterocycles. The lowest BCUT2D eigenvalue weighted by Gasteiger charge is -2.11. The minimum absolute atomic E-state index is 0.0673. The van der Waals surface area contributed by atoms with Crippen molar-refractivity contribution in [2.24, 2.45) is 0 Å². The molecule has 4 nitrogen and oxygen atoms in total. The zero-order valence-corrected chi connectivity index (χ0v) is 10.5. The first-order valence-electron chi connectivity index (χ1n) is 5.21. The molecule has 92 valence electrons. The fourth-order valence-electron chi connectivity index (χ4n) is 1.40. The molecule has 0 aromatic heterocycles. The number of nitrogens with two attached hydrogens (primary N) is 1. The topological polar surface area (TPSA) is 72.2 Å². The van der Waals surface area contributed by atoms with Gasteiger partial charge in [0.15, 0.2) is 0 Å². The number of anilines is 1. The lowest BCUT2D eigenvalue weighted by molar-refractivity contribution is 0.563. The molecule has 0 aliphatic heterocycles. The number of hydrogen-bond donors (Lipinski definition) is 2. The van der Waals surface area contributed by atoms with Crippen molar-refractivity contribution >= 4 is 15.7 Å². The summed E-state index contributed by atoms with van der Waals surface area (Å²) in [6, 6.07) is 6.49. The summed E-state index contributed by atoms with van der Waals surface area (Å²) in [6.45, 7) is 1.74. The van der Waals surface area contributed by atoms with Gasteiger partial charge in [0.25, 0.3) is 0 Å². The molecule has 0 bridgehead atoms. The van der Waals surface area contributed by atoms with E-state index in [1.807, 2.05) is 0 Å². The number of terminal acetylenes is 1. The van der Waals surface area contributed by atoms with Crippen LogP contribution in [0, 0.1) is 12.3 Å². The van der Waals surface area contributed by atoms with Gasteiger partial charge in [-0.25, -0.2) is 13.1 Å². The first kappa shape index (κ1) is 13.6. The molecule has 1 aromatic rings. The van der Waals surface area contributed by atoms with Crippen LogP contribution in [0.1, 0.15) is 18.9 Å². The lowest BCUT2D eigenvalue weighted by Crippen LogP contribution is -2.33. The predicted octanol–water partition coefficient (Wildman–Crippen LogP) is 1.10. The molecule has 1 aromatic carbocycles. The van der Waals surface area contributed by atoms with Gasteiger partial charge in [-0.1, -0.05) is 12.1 Å². The van der Waals surface area contributed by atoms with Gasteiger partial charge in [0.2, 0.25) is 10.0 Å². The van der Waals surface area contributed by atoms with Gasteiger partial charge in [-0.05, 0) is 24.6 Å². The maximum absolute atomic E-state index is 11.8. The molecule has 3 N–H and O–H groups in total. The van der Waals surface area contributed by atoms with Gasteiger partial charge in [0.1, 0.15) is 0 Å². The molecule has 1 atom stereocenters. The molecule has 5 heteroatoms. The van der Waals surface area contributed by atoms with Crippen molar-refractivity contribution in [2.75, 3.05) is 5.73 Å². The summed E-state index contributed by atoms with van der Waals surface area (Å²) in [5.41, 5.74) is 6.83. The molecule has 0 aliphatic rings. The van der Waals surface area contributed by atoms with Crippen molar-refractivity contribution in [1.29, 1.82) is 0 Å². The Kier molecular flexibility index (Phi) is 4.55. The number of nitrogens with one attached hydrogen (secondary N) is 1. The molecule has 0 radical (unpaired) electrons. The van der Waals surface area contributed by atoms with E-state index in [-0.39, 0.29) is 11.8 Å². The minimum atomic E-state index is -3.36. The van der Waals surface area contributed by atoms with Crippen LogP contribution in [0.15, 0.2) is 24.3 Å². The van der Waals surface area contributed by atoms with Crippen molar-refractivity contribution in [3.8, 4) is 12.3 Å². The third-order valence-electron chi connectivity index (χ3n) is 2.14. The van der Waals surface area contributed by atoms with Crippen LogP contribution in [0.4, 0.5) is 5.69 Å². The fraction of sp³-hybridized carbons (Fsp3) is 0.333. The van der Waals surface area contributed by atoms with Crippen LogP contribution in [-0.4, -0.2) is 14.5 Å². The summed E-state index contributed by atoms with van der Waals surface area (Å²) < 4.78 is 26.0. The molecule has 0 saturated carbocycles. The van der Waals surface area contributed by atoms with Gasteiger partial charge in [-0.3, -0.25) is 0 Å². The van der Waals surface area contributed by atoms with Gasteiger partial charge in [-0.2, -0.15) is 0 Å². The van der Waals surface area contributed by atoms with E-state index in [1.165, 1.54) is 0 Å². The van der Waals surface area contributed by atoms with E-state index < -0.39 is 10.0 Å². The smallest absolute Gasteiger partial charge is 0.216 e. The lowest BCUT2D eigenvalue weighted by atomic mass is 10.2. The number of benzene rings is 1. The van der Waals surface area contributed by atoms with E-state index in [4.69, 9.17) is 12.2 Å². The zero-order chi connectivity index (χ0) is 12.9. The van der Waals surface area contributed by atoms with E-state index in [9.17, 15) is 8.42 Å². The van der Waals surface area contributed by atoms with Gasteiger partial charge in [0.05, 0.1) is 5.75 Å². The molecular weight excluding hydrogens is 236 g/mol. The molecular formula is C12H16N2O2S. The van der Waals surface area contributed by atoms with Crippen LogP contribution < -0.4 is 10.5 Å². The number of rotatable bonds is 5. The first-order valence-corrected chi connectivity index (χ1v) is 6.86. The summed E-state index contributed by atoms with van der Waals surface area (Å²) >= 11 is 0. The second-order valence-corrected chi connectivity index (χ2v) is 5.68. The Labute approximate surface area is 102 Å². The van der Waals surface area contributed by atoms with E-state index in [0.717, 1.165) is 0 Å². The monoisotopic (exact) mass is 252 g/mol. The molecule has 0 amide bonds. The Hall–Kier alpha value is -1.51. The highest BCUT2D eigenvalue weighted by Crippen LogP contribution is 2.09. The Balaban J connectivity index is 2.67. The summed E-state index contributed by atoms with van der Waals surface area (Å²) in [5, 5.41) is 0. The van der Waals surface area contributed by atoms with Gasteiger partial charge < -0.3 is 5.73 Å². The second-order valence-electron chi connectivity index (χ2n) is 3.93. The van der Waals surface area contributed by atoms with Gasteiger partial charge in [-0.15, -0.1) is 12.3 Å². The summed E-state index contributed by atoms with van der Waals surface area (Å²) in [7, 11) is -3.36. The Morgan fingerprint density at radius 1 is 1.41 bits per heavy atom. The molecule has 0 fully saturated rings. The van der Waals surface area contributed by atoms with Crippen molar-refractivity contribution in [3.05, 3.63) is 29.8 Å². The largest absolute Gasteiger partial charge is 0.399 e. The zero-order valence-electron chi connectivity index (χ0n) is 9.68. The number of sulfonamides is 1. The fourth-order valence-corrected chi connectivity index (χ4v) is 2.81. The number of hydrogen-bond acceptors (Lipinski definition) is 3. The van der Waals surface area contributed by atoms with Crippen LogP contribution in [0.25, 0.3) is 0 Å². The summed E-state index contributed by atoms with van der Waals surface area (Å²) in [6.07, 6.45) is 5.49. The van der Waals surface area contributed by atoms with Crippen molar-refractivity contribution in [2.45, 2.75) is 25.1 Å². The van der Waals surface area contributed by atoms with E-state index in [1.54, 1.807) is 31.2 Å². The quantitative estimate of drug-likeness (QED) is 0.609. The normalized spacial score (nSPS) is 12.9. The molecule has 0 aliphatic carbocycles. The van der Waals surface area contributed by atoms with Gasteiger partial charge in [0, 0.05) is 18.2 Å². The maximum Gasteiger partial charge on any atom is 0.216 e. The van der Waals surface area contributed by atoms with Crippen LogP contribution in [0.5, 0.6) is 0 Å². The average molecular weight is 252 g/mol. The minimum Gasteiger partial charge on any atom is -0.399 e. The van der Waals surface area contributed by atoms with Crippen molar-refractivity contribution in [1.82, 2.24) is 4.72 Å². The van der Waals surface area contributed by atoms with Crippen LogP contribution in [-0.2, 0) is 15.8 Å². The SMILES string of the molecule is C#CCC(C)NS(=O)(=O)Cc1ccc(N)cc1. The Bertz CT molecular complexity index is 500. The summed E-state index contributed by atoms with van der Waals surface area (Å²) in [4.78, 5) is 0. The standard InChI is InChI=1S/C12H16N2O2S/c1-3-4-10(2)14-17(15,16)9-11-5-7-12(13)8-6-11/h1,5-8,10,14H,4,9,13H2,2H3. The summed E-state index contributed by atoms with van der Waals surface area (Å²) in [5.74, 6) is 2.35. The van der Waals surface area contributed by atoms with E-state index in [2.05, 4.69) is 10.6 Å². The van der Waals surface area contributed by atoms with Crippen LogP contribution >= 0.6 is 0 Å². The highest BCUT2D eigenvalue weighted by atomic mass is 32.2. The Morgan fingerprint density at radius 3 is 2.53 bits per heavy atom. The second kappa shape index (κ2) is 5.71. The molecule has 1 unspecified atom stereocenters.